The van der Waals surface area contributed by atoms with Crippen LogP contribution in [-0.2, 0) is 0 Å². The van der Waals surface area contributed by atoms with Crippen molar-refractivity contribution in [1.82, 2.24) is 15.2 Å². The molecule has 1 amide bonds. The van der Waals surface area contributed by atoms with Crippen LogP contribution in [0.3, 0.4) is 0 Å². The molecule has 0 radical (unpaired) electrons. The lowest BCUT2D eigenvalue weighted by Gasteiger charge is -2.30. The number of aromatic nitrogens is 1. The summed E-state index contributed by atoms with van der Waals surface area (Å²) in [5, 5.41) is 12.7. The first-order valence-electron chi connectivity index (χ1n) is 9.91. The van der Waals surface area contributed by atoms with Crippen molar-refractivity contribution in [3.8, 4) is 0 Å². The summed E-state index contributed by atoms with van der Waals surface area (Å²) in [6.07, 6.45) is 4.18. The minimum Gasteiger partial charge on any atom is -0.393 e. The third-order valence-electron chi connectivity index (χ3n) is 5.34. The number of amides is 1. The molecule has 144 valence electrons. The van der Waals surface area contributed by atoms with Gasteiger partial charge in [0.25, 0.3) is 5.91 Å². The standard InChI is InChI=1S/C20H32N4O2/c1-15(2)13-23-8-5-16(14-23)11-22-20(26)17-3-4-19(21-12-17)24-9-6-18(25)7-10-24/h3-4,12,15-16,18,25H,5-11,13-14H2,1-2H3,(H,22,26). The number of aliphatic hydroxyl groups is 1. The highest BCUT2D eigenvalue weighted by atomic mass is 16.3. The summed E-state index contributed by atoms with van der Waals surface area (Å²) in [7, 11) is 0. The minimum atomic E-state index is -0.191. The highest BCUT2D eigenvalue weighted by Gasteiger charge is 2.23. The van der Waals surface area contributed by atoms with Gasteiger partial charge in [0.05, 0.1) is 11.7 Å². The number of pyridine rings is 1. The summed E-state index contributed by atoms with van der Waals surface area (Å²) in [6.45, 7) is 10.2. The van der Waals surface area contributed by atoms with Crippen molar-refractivity contribution in [2.45, 2.75) is 39.2 Å². The van der Waals surface area contributed by atoms with Crippen molar-refractivity contribution in [1.29, 1.82) is 0 Å². The summed E-state index contributed by atoms with van der Waals surface area (Å²) < 4.78 is 0. The molecule has 1 aromatic heterocycles. The van der Waals surface area contributed by atoms with Crippen LogP contribution in [0.4, 0.5) is 5.82 Å². The number of hydrogen-bond donors (Lipinski definition) is 2. The second-order valence-electron chi connectivity index (χ2n) is 8.14. The Morgan fingerprint density at radius 3 is 2.69 bits per heavy atom. The molecule has 2 fully saturated rings. The number of likely N-dealkylation sites (tertiary alicyclic amines) is 1. The van der Waals surface area contributed by atoms with Crippen molar-refractivity contribution in [2.75, 3.05) is 44.2 Å². The third-order valence-corrected chi connectivity index (χ3v) is 5.34. The van der Waals surface area contributed by atoms with E-state index in [-0.39, 0.29) is 12.0 Å². The van der Waals surface area contributed by atoms with Crippen LogP contribution in [0.5, 0.6) is 0 Å². The predicted octanol–water partition coefficient (Wildman–Crippen LogP) is 1.75. The zero-order chi connectivity index (χ0) is 18.5. The molecule has 2 aliphatic heterocycles. The van der Waals surface area contributed by atoms with Gasteiger partial charge in [0.15, 0.2) is 0 Å². The smallest absolute Gasteiger partial charge is 0.252 e. The van der Waals surface area contributed by atoms with E-state index in [2.05, 4.69) is 33.9 Å². The Morgan fingerprint density at radius 1 is 1.27 bits per heavy atom. The van der Waals surface area contributed by atoms with Crippen molar-refractivity contribution in [2.24, 2.45) is 11.8 Å². The van der Waals surface area contributed by atoms with Gasteiger partial charge in [0.1, 0.15) is 5.82 Å². The van der Waals surface area contributed by atoms with E-state index < -0.39 is 0 Å². The fourth-order valence-electron chi connectivity index (χ4n) is 3.90. The highest BCUT2D eigenvalue weighted by molar-refractivity contribution is 5.94. The van der Waals surface area contributed by atoms with E-state index >= 15 is 0 Å². The molecule has 0 aliphatic carbocycles. The maximum Gasteiger partial charge on any atom is 0.252 e. The van der Waals surface area contributed by atoms with Gasteiger partial charge in [-0.25, -0.2) is 4.98 Å². The van der Waals surface area contributed by atoms with Gasteiger partial charge >= 0.3 is 0 Å². The lowest BCUT2D eigenvalue weighted by atomic mass is 10.1. The lowest BCUT2D eigenvalue weighted by molar-refractivity contribution is 0.0947. The SMILES string of the molecule is CC(C)CN1CCC(CNC(=O)c2ccc(N3CCC(O)CC3)nc2)C1. The minimum absolute atomic E-state index is 0.0413. The Bertz CT molecular complexity index is 582. The number of nitrogens with one attached hydrogen (secondary N) is 1. The zero-order valence-corrected chi connectivity index (χ0v) is 16.0. The number of anilines is 1. The molecule has 1 unspecified atom stereocenters. The van der Waals surface area contributed by atoms with Crippen LogP contribution in [0.2, 0.25) is 0 Å². The Hall–Kier alpha value is -1.66. The number of carbonyl (C=O) groups is 1. The number of hydrogen-bond acceptors (Lipinski definition) is 5. The second kappa shape index (κ2) is 8.82. The van der Waals surface area contributed by atoms with E-state index in [0.717, 1.165) is 64.3 Å². The van der Waals surface area contributed by atoms with Crippen LogP contribution in [0.1, 0.15) is 43.5 Å². The molecule has 2 N–H and O–H groups in total. The molecule has 2 saturated heterocycles. The molecule has 0 aromatic carbocycles. The molecule has 2 aliphatic rings. The van der Waals surface area contributed by atoms with Crippen LogP contribution in [0.15, 0.2) is 18.3 Å². The third kappa shape index (κ3) is 5.17. The summed E-state index contributed by atoms with van der Waals surface area (Å²) in [5.41, 5.74) is 0.614. The first-order chi connectivity index (χ1) is 12.5. The molecular formula is C20H32N4O2. The van der Waals surface area contributed by atoms with Crippen LogP contribution < -0.4 is 10.2 Å². The van der Waals surface area contributed by atoms with E-state index in [4.69, 9.17) is 0 Å². The molecule has 0 saturated carbocycles. The number of piperidine rings is 1. The van der Waals surface area contributed by atoms with Crippen molar-refractivity contribution >= 4 is 11.7 Å². The van der Waals surface area contributed by atoms with Gasteiger partial charge in [-0.15, -0.1) is 0 Å². The van der Waals surface area contributed by atoms with E-state index in [1.165, 1.54) is 0 Å². The van der Waals surface area contributed by atoms with Gasteiger partial charge in [0, 0.05) is 38.9 Å². The van der Waals surface area contributed by atoms with Gasteiger partial charge in [-0.2, -0.15) is 0 Å². The second-order valence-corrected chi connectivity index (χ2v) is 8.14. The quantitative estimate of drug-likeness (QED) is 0.809. The molecule has 1 aromatic rings. The van der Waals surface area contributed by atoms with Crippen molar-refractivity contribution in [3.63, 3.8) is 0 Å². The first-order valence-corrected chi connectivity index (χ1v) is 9.91. The van der Waals surface area contributed by atoms with Crippen LogP contribution in [0, 0.1) is 11.8 Å². The van der Waals surface area contributed by atoms with E-state index in [9.17, 15) is 9.90 Å². The molecule has 0 bridgehead atoms. The van der Waals surface area contributed by atoms with Gasteiger partial charge in [-0.05, 0) is 49.8 Å². The summed E-state index contributed by atoms with van der Waals surface area (Å²) in [6, 6.07) is 3.76. The molecular weight excluding hydrogens is 328 g/mol. The molecule has 1 atom stereocenters. The van der Waals surface area contributed by atoms with Crippen molar-refractivity contribution in [3.05, 3.63) is 23.9 Å². The Morgan fingerprint density at radius 2 is 2.04 bits per heavy atom. The number of carbonyl (C=O) groups excluding carboxylic acids is 1. The number of rotatable bonds is 6. The monoisotopic (exact) mass is 360 g/mol. The Balaban J connectivity index is 1.45. The summed E-state index contributed by atoms with van der Waals surface area (Å²) in [5.74, 6) is 2.08. The van der Waals surface area contributed by atoms with Crippen LogP contribution >= 0.6 is 0 Å². The normalized spacial score (nSPS) is 22.2. The van der Waals surface area contributed by atoms with E-state index in [1.54, 1.807) is 6.20 Å². The van der Waals surface area contributed by atoms with Crippen LogP contribution in [-0.4, -0.2) is 66.3 Å². The van der Waals surface area contributed by atoms with Gasteiger partial charge in [0.2, 0.25) is 0 Å². The maximum atomic E-state index is 12.4. The molecule has 0 spiro atoms. The largest absolute Gasteiger partial charge is 0.393 e. The highest BCUT2D eigenvalue weighted by Crippen LogP contribution is 2.19. The van der Waals surface area contributed by atoms with E-state index in [1.807, 2.05) is 12.1 Å². The average molecular weight is 361 g/mol. The fourth-order valence-corrected chi connectivity index (χ4v) is 3.90. The molecule has 6 heteroatoms. The number of aliphatic hydroxyl groups excluding tert-OH is 1. The van der Waals surface area contributed by atoms with E-state index in [0.29, 0.717) is 17.4 Å². The molecule has 3 rings (SSSR count). The topological polar surface area (TPSA) is 68.7 Å². The molecule has 26 heavy (non-hydrogen) atoms. The van der Waals surface area contributed by atoms with Gasteiger partial charge in [-0.3, -0.25) is 4.79 Å². The Kier molecular flexibility index (Phi) is 6.48. The average Bonchev–Trinajstić information content (AvgIpc) is 3.07. The lowest BCUT2D eigenvalue weighted by Crippen LogP contribution is -2.36. The zero-order valence-electron chi connectivity index (χ0n) is 16.0. The molecule has 3 heterocycles. The van der Waals surface area contributed by atoms with Gasteiger partial charge < -0.3 is 20.2 Å². The first kappa shape index (κ1) is 19.1. The molecule has 6 nitrogen and oxygen atoms in total. The summed E-state index contributed by atoms with van der Waals surface area (Å²) >= 11 is 0. The van der Waals surface area contributed by atoms with Gasteiger partial charge in [-0.1, -0.05) is 13.8 Å². The number of nitrogens with zero attached hydrogens (tertiary/aromatic N) is 3. The van der Waals surface area contributed by atoms with Crippen molar-refractivity contribution < 1.29 is 9.90 Å². The summed E-state index contributed by atoms with van der Waals surface area (Å²) in [4.78, 5) is 21.5. The maximum absolute atomic E-state index is 12.4. The predicted molar refractivity (Wildman–Crippen MR) is 103 cm³/mol. The fraction of sp³-hybridized carbons (Fsp3) is 0.700. The Labute approximate surface area is 156 Å². The van der Waals surface area contributed by atoms with Crippen LogP contribution in [0.25, 0.3) is 0 Å².